The Morgan fingerprint density at radius 3 is 2.61 bits per heavy atom. The van der Waals surface area contributed by atoms with Gasteiger partial charge in [-0.2, -0.15) is 0 Å². The lowest BCUT2D eigenvalue weighted by atomic mass is 10.2. The van der Waals surface area contributed by atoms with E-state index in [2.05, 4.69) is 20.8 Å². The van der Waals surface area contributed by atoms with Crippen LogP contribution in [0.15, 0.2) is 47.6 Å². The van der Waals surface area contributed by atoms with Crippen molar-refractivity contribution >= 4 is 35.0 Å². The van der Waals surface area contributed by atoms with Crippen LogP contribution in [0, 0.1) is 6.92 Å². The van der Waals surface area contributed by atoms with Gasteiger partial charge in [-0.15, -0.1) is 10.2 Å². The number of nitrogens with one attached hydrogen (secondary N) is 2. The van der Waals surface area contributed by atoms with Crippen LogP contribution < -0.4 is 15.4 Å². The van der Waals surface area contributed by atoms with E-state index in [9.17, 15) is 14.7 Å². The molecule has 1 heterocycles. The first kappa shape index (κ1) is 22.2. The second kappa shape index (κ2) is 9.98. The molecule has 2 aromatic carbocycles. The number of aromatic hydroxyl groups is 1. The molecule has 3 N–H and O–H groups in total. The number of hydrogen-bond acceptors (Lipinski definition) is 7. The number of ether oxygens (including phenoxy) is 1. The second-order valence-corrected chi connectivity index (χ2v) is 7.68. The van der Waals surface area contributed by atoms with E-state index in [0.29, 0.717) is 28.1 Å². The van der Waals surface area contributed by atoms with Crippen molar-refractivity contribution in [2.24, 2.45) is 7.05 Å². The molecule has 0 saturated carbocycles. The molecule has 162 valence electrons. The maximum atomic E-state index is 12.4. The summed E-state index contributed by atoms with van der Waals surface area (Å²) in [6.45, 7) is 1.87. The summed E-state index contributed by atoms with van der Waals surface area (Å²) in [5, 5.41) is 23.9. The van der Waals surface area contributed by atoms with Crippen LogP contribution >= 0.6 is 11.8 Å². The van der Waals surface area contributed by atoms with E-state index < -0.39 is 0 Å². The maximum absolute atomic E-state index is 12.4. The van der Waals surface area contributed by atoms with Gasteiger partial charge in [0.15, 0.2) is 5.16 Å². The minimum Gasteiger partial charge on any atom is -0.506 e. The summed E-state index contributed by atoms with van der Waals surface area (Å²) in [7, 11) is 3.27. The molecule has 0 aliphatic carbocycles. The molecule has 1 aromatic heterocycles. The van der Waals surface area contributed by atoms with Crippen LogP contribution in [-0.4, -0.2) is 44.5 Å². The zero-order chi connectivity index (χ0) is 22.4. The molecule has 31 heavy (non-hydrogen) atoms. The molecule has 0 radical (unpaired) electrons. The van der Waals surface area contributed by atoms with Gasteiger partial charge in [0.1, 0.15) is 17.3 Å². The smallest absolute Gasteiger partial charge is 0.234 e. The van der Waals surface area contributed by atoms with Gasteiger partial charge in [-0.3, -0.25) is 9.59 Å². The first-order valence-electron chi connectivity index (χ1n) is 9.40. The number of aromatic nitrogens is 3. The number of para-hydroxylation sites is 2. The molecular weight excluding hydrogens is 418 g/mol. The van der Waals surface area contributed by atoms with Crippen LogP contribution in [0.25, 0.3) is 0 Å². The fourth-order valence-corrected chi connectivity index (χ4v) is 3.51. The molecule has 0 spiro atoms. The number of phenols is 1. The predicted molar refractivity (Wildman–Crippen MR) is 119 cm³/mol. The number of phenolic OH excluding ortho intramolecular Hbond substituents is 1. The van der Waals surface area contributed by atoms with Crippen LogP contribution in [0.3, 0.4) is 0 Å². The Kier molecular flexibility index (Phi) is 7.14. The molecule has 10 heteroatoms. The Labute approximate surface area is 183 Å². The van der Waals surface area contributed by atoms with Crippen LogP contribution in [0.1, 0.15) is 11.4 Å². The second-order valence-electron chi connectivity index (χ2n) is 6.74. The molecule has 2 amide bonds. The Balaban J connectivity index is 1.56. The van der Waals surface area contributed by atoms with E-state index in [1.54, 1.807) is 41.9 Å². The van der Waals surface area contributed by atoms with Crippen LogP contribution in [0.5, 0.6) is 11.5 Å². The molecule has 0 aliphatic rings. The fourth-order valence-electron chi connectivity index (χ4n) is 2.78. The Morgan fingerprint density at radius 1 is 1.10 bits per heavy atom. The molecule has 0 unspecified atom stereocenters. The van der Waals surface area contributed by atoms with Crippen molar-refractivity contribution in [1.82, 2.24) is 14.8 Å². The molecule has 3 rings (SSSR count). The highest BCUT2D eigenvalue weighted by atomic mass is 32.2. The zero-order valence-electron chi connectivity index (χ0n) is 17.4. The molecule has 9 nitrogen and oxygen atoms in total. The van der Waals surface area contributed by atoms with Crippen molar-refractivity contribution in [3.8, 4) is 11.5 Å². The Hall–Kier alpha value is -3.53. The van der Waals surface area contributed by atoms with Crippen molar-refractivity contribution < 1.29 is 19.4 Å². The Morgan fingerprint density at radius 2 is 1.84 bits per heavy atom. The molecule has 0 bridgehead atoms. The van der Waals surface area contributed by atoms with Gasteiger partial charge in [0.05, 0.1) is 30.7 Å². The topological polar surface area (TPSA) is 118 Å². The summed E-state index contributed by atoms with van der Waals surface area (Å²) >= 11 is 1.19. The van der Waals surface area contributed by atoms with E-state index in [4.69, 9.17) is 4.74 Å². The van der Waals surface area contributed by atoms with Crippen molar-refractivity contribution in [2.45, 2.75) is 18.5 Å². The third-order valence-corrected chi connectivity index (χ3v) is 5.40. The lowest BCUT2D eigenvalue weighted by Crippen LogP contribution is -2.17. The largest absolute Gasteiger partial charge is 0.506 e. The van der Waals surface area contributed by atoms with Crippen molar-refractivity contribution in [3.05, 3.63) is 53.9 Å². The quantitative estimate of drug-likeness (QED) is 0.363. The van der Waals surface area contributed by atoms with E-state index in [-0.39, 0.29) is 29.7 Å². The summed E-state index contributed by atoms with van der Waals surface area (Å²) < 4.78 is 6.90. The highest BCUT2D eigenvalue weighted by Gasteiger charge is 2.16. The average Bonchev–Trinajstić information content (AvgIpc) is 3.09. The van der Waals surface area contributed by atoms with E-state index in [1.807, 2.05) is 13.0 Å². The standard InChI is InChI=1S/C21H23N5O4S/c1-13-8-9-16(27)15(10-13)23-20(29)12-31-21-25-24-18(26(21)2)11-19(28)22-14-6-4-5-7-17(14)30-3/h4-10,27H,11-12H2,1-3H3,(H,22,28)(H,23,29). The first-order valence-corrected chi connectivity index (χ1v) is 10.4. The van der Waals surface area contributed by atoms with Gasteiger partial charge in [-0.1, -0.05) is 30.0 Å². The van der Waals surface area contributed by atoms with Gasteiger partial charge in [0.2, 0.25) is 11.8 Å². The molecule has 3 aromatic rings. The number of nitrogens with zero attached hydrogens (tertiary/aromatic N) is 3. The van der Waals surface area contributed by atoms with Gasteiger partial charge in [0.25, 0.3) is 0 Å². The average molecular weight is 442 g/mol. The molecule has 0 saturated heterocycles. The van der Waals surface area contributed by atoms with Crippen molar-refractivity contribution in [3.63, 3.8) is 0 Å². The van der Waals surface area contributed by atoms with Crippen molar-refractivity contribution in [1.29, 1.82) is 0 Å². The summed E-state index contributed by atoms with van der Waals surface area (Å²) in [5.74, 6) is 0.564. The van der Waals surface area contributed by atoms with Gasteiger partial charge < -0.3 is 25.0 Å². The number of benzene rings is 2. The monoisotopic (exact) mass is 441 g/mol. The number of rotatable bonds is 8. The maximum Gasteiger partial charge on any atom is 0.234 e. The molecule has 0 fully saturated rings. The van der Waals surface area contributed by atoms with Crippen LogP contribution in [0.4, 0.5) is 11.4 Å². The molecular formula is C21H23N5O4S. The number of carbonyl (C=O) groups excluding carboxylic acids is 2. The molecule has 0 aliphatic heterocycles. The van der Waals surface area contributed by atoms with Gasteiger partial charge >= 0.3 is 0 Å². The van der Waals surface area contributed by atoms with E-state index in [0.717, 1.165) is 5.56 Å². The number of thioether (sulfide) groups is 1. The lowest BCUT2D eigenvalue weighted by Gasteiger charge is -2.10. The number of anilines is 2. The van der Waals surface area contributed by atoms with Gasteiger partial charge in [-0.05, 0) is 36.8 Å². The SMILES string of the molecule is COc1ccccc1NC(=O)Cc1nnc(SCC(=O)Nc2cc(C)ccc2O)n1C. The van der Waals surface area contributed by atoms with Crippen molar-refractivity contribution in [2.75, 3.05) is 23.5 Å². The third-order valence-electron chi connectivity index (χ3n) is 4.38. The summed E-state index contributed by atoms with van der Waals surface area (Å²) in [5.41, 5.74) is 1.85. The van der Waals surface area contributed by atoms with Crippen LogP contribution in [-0.2, 0) is 23.1 Å². The van der Waals surface area contributed by atoms with Gasteiger partial charge in [-0.25, -0.2) is 0 Å². The number of aryl methyl sites for hydroxylation is 1. The number of carbonyl (C=O) groups is 2. The summed E-state index contributed by atoms with van der Waals surface area (Å²) in [4.78, 5) is 24.6. The minimum absolute atomic E-state index is 0.00551. The highest BCUT2D eigenvalue weighted by Crippen LogP contribution is 2.25. The lowest BCUT2D eigenvalue weighted by molar-refractivity contribution is -0.116. The van der Waals surface area contributed by atoms with Crippen LogP contribution in [0.2, 0.25) is 0 Å². The molecule has 0 atom stereocenters. The summed E-state index contributed by atoms with van der Waals surface area (Å²) in [6.07, 6.45) is 0.0193. The highest BCUT2D eigenvalue weighted by molar-refractivity contribution is 7.99. The Bertz CT molecular complexity index is 1100. The normalized spacial score (nSPS) is 10.5. The number of methoxy groups -OCH3 is 1. The van der Waals surface area contributed by atoms with Gasteiger partial charge in [0, 0.05) is 7.05 Å². The summed E-state index contributed by atoms with van der Waals surface area (Å²) in [6, 6.07) is 12.1. The number of amides is 2. The zero-order valence-corrected chi connectivity index (χ0v) is 18.2. The number of hydrogen-bond donors (Lipinski definition) is 3. The van der Waals surface area contributed by atoms with E-state index >= 15 is 0 Å². The van der Waals surface area contributed by atoms with E-state index in [1.165, 1.54) is 24.9 Å². The predicted octanol–water partition coefficient (Wildman–Crippen LogP) is 2.75. The first-order chi connectivity index (χ1) is 14.9. The minimum atomic E-state index is -0.288. The fraction of sp³-hybridized carbons (Fsp3) is 0.238. The third kappa shape index (κ3) is 5.76.